The highest BCUT2D eigenvalue weighted by molar-refractivity contribution is 5.93. The van der Waals surface area contributed by atoms with E-state index in [4.69, 9.17) is 5.73 Å². The summed E-state index contributed by atoms with van der Waals surface area (Å²) in [5.74, 6) is 0.910. The van der Waals surface area contributed by atoms with Crippen LogP contribution in [0.15, 0.2) is 47.6 Å². The van der Waals surface area contributed by atoms with Crippen molar-refractivity contribution in [2.24, 2.45) is 17.8 Å². The summed E-state index contributed by atoms with van der Waals surface area (Å²) in [6.07, 6.45) is 1.81. The molecule has 0 aliphatic carbocycles. The average molecular weight is 215 g/mol. The fourth-order valence-electron chi connectivity index (χ4n) is 1.28. The quantitative estimate of drug-likeness (QED) is 0.589. The Kier molecular flexibility index (Phi) is 2.86. The first kappa shape index (κ1) is 10.2. The topological polar surface area (TPSA) is 68.2 Å². The van der Waals surface area contributed by atoms with Crippen molar-refractivity contribution in [2.45, 2.75) is 0 Å². The molecule has 1 aromatic heterocycles. The van der Waals surface area contributed by atoms with Gasteiger partial charge in [-0.1, -0.05) is 18.2 Å². The molecular weight excluding hydrogens is 202 g/mol. The van der Waals surface area contributed by atoms with Gasteiger partial charge >= 0.3 is 0 Å². The summed E-state index contributed by atoms with van der Waals surface area (Å²) in [6.45, 7) is 0. The van der Waals surface area contributed by atoms with E-state index >= 15 is 0 Å². The van der Waals surface area contributed by atoms with E-state index in [1.165, 1.54) is 0 Å². The van der Waals surface area contributed by atoms with Gasteiger partial charge in [0.05, 0.1) is 0 Å². The molecule has 1 aromatic carbocycles. The van der Waals surface area contributed by atoms with Gasteiger partial charge in [0.15, 0.2) is 11.8 Å². The molecule has 0 fully saturated rings. The summed E-state index contributed by atoms with van der Waals surface area (Å²) in [6, 6.07) is 11.4. The van der Waals surface area contributed by atoms with Crippen LogP contribution in [-0.2, 0) is 7.05 Å². The Morgan fingerprint density at radius 1 is 1.31 bits per heavy atom. The third-order valence-corrected chi connectivity index (χ3v) is 1.98. The van der Waals surface area contributed by atoms with Crippen LogP contribution in [0.4, 0.5) is 11.5 Å². The van der Waals surface area contributed by atoms with Gasteiger partial charge in [-0.05, 0) is 12.1 Å². The molecule has 0 bridgehead atoms. The zero-order valence-corrected chi connectivity index (χ0v) is 8.96. The first-order valence-corrected chi connectivity index (χ1v) is 4.90. The minimum absolute atomic E-state index is 0.324. The highest BCUT2D eigenvalue weighted by Crippen LogP contribution is 2.08. The molecule has 1 heterocycles. The second kappa shape index (κ2) is 4.48. The lowest BCUT2D eigenvalue weighted by Gasteiger charge is -2.03. The van der Waals surface area contributed by atoms with Gasteiger partial charge in [0.2, 0.25) is 0 Å². The lowest BCUT2D eigenvalue weighted by molar-refractivity contribution is 0.769. The molecule has 2 rings (SSSR count). The van der Waals surface area contributed by atoms with Crippen LogP contribution < -0.4 is 11.1 Å². The van der Waals surface area contributed by atoms with Crippen molar-refractivity contribution < 1.29 is 0 Å². The molecule has 5 heteroatoms. The van der Waals surface area contributed by atoms with Crippen LogP contribution >= 0.6 is 0 Å². The predicted molar refractivity (Wildman–Crippen MR) is 64.6 cm³/mol. The van der Waals surface area contributed by atoms with Crippen molar-refractivity contribution in [3.05, 3.63) is 42.6 Å². The maximum atomic E-state index is 5.74. The van der Waals surface area contributed by atoms with Crippen LogP contribution in [0, 0.1) is 0 Å². The van der Waals surface area contributed by atoms with Gasteiger partial charge in [-0.25, -0.2) is 0 Å². The Hall–Kier alpha value is -2.30. The van der Waals surface area contributed by atoms with Crippen LogP contribution in [0.25, 0.3) is 0 Å². The van der Waals surface area contributed by atoms with Crippen molar-refractivity contribution in [2.75, 3.05) is 5.32 Å². The number of rotatable bonds is 2. The number of hydrogen-bond acceptors (Lipinski definition) is 2. The molecule has 0 atom stereocenters. The number of para-hydroxylation sites is 1. The number of benzene rings is 1. The van der Waals surface area contributed by atoms with Crippen molar-refractivity contribution in [3.63, 3.8) is 0 Å². The summed E-state index contributed by atoms with van der Waals surface area (Å²) < 4.78 is 1.68. The first-order chi connectivity index (χ1) is 7.74. The summed E-state index contributed by atoms with van der Waals surface area (Å²) in [5.41, 5.74) is 6.64. The number of aliphatic imine (C=N–C) groups is 1. The zero-order valence-electron chi connectivity index (χ0n) is 8.96. The normalized spacial score (nSPS) is 11.4. The molecule has 0 unspecified atom stereocenters. The van der Waals surface area contributed by atoms with Crippen molar-refractivity contribution in [1.29, 1.82) is 0 Å². The van der Waals surface area contributed by atoms with E-state index < -0.39 is 0 Å². The van der Waals surface area contributed by atoms with E-state index in [1.54, 1.807) is 10.7 Å². The zero-order chi connectivity index (χ0) is 11.4. The molecule has 0 spiro atoms. The standard InChI is InChI=1S/C11H13N5/c1-16-8-7-10(15-16)14-11(12)13-9-5-3-2-4-6-9/h2-8H,1H3,(H3,12,13,14,15). The van der Waals surface area contributed by atoms with Crippen molar-refractivity contribution in [1.82, 2.24) is 9.78 Å². The summed E-state index contributed by atoms with van der Waals surface area (Å²) in [5, 5.41) is 7.08. The van der Waals surface area contributed by atoms with E-state index in [1.807, 2.05) is 43.6 Å². The van der Waals surface area contributed by atoms with Gasteiger partial charge in [-0.3, -0.25) is 4.68 Å². The van der Waals surface area contributed by atoms with Gasteiger partial charge in [0.1, 0.15) is 0 Å². The molecular formula is C11H13N5. The Bertz CT molecular complexity index is 486. The molecule has 0 amide bonds. The molecule has 0 saturated heterocycles. The van der Waals surface area contributed by atoms with Crippen LogP contribution in [0.5, 0.6) is 0 Å². The summed E-state index contributed by atoms with van der Waals surface area (Å²) in [7, 11) is 1.83. The molecule has 5 nitrogen and oxygen atoms in total. The molecule has 0 aliphatic rings. The van der Waals surface area contributed by atoms with Crippen molar-refractivity contribution >= 4 is 17.5 Å². The van der Waals surface area contributed by atoms with Gasteiger partial charge in [-0.2, -0.15) is 10.1 Å². The monoisotopic (exact) mass is 215 g/mol. The largest absolute Gasteiger partial charge is 0.369 e. The molecule has 16 heavy (non-hydrogen) atoms. The number of aromatic nitrogens is 2. The van der Waals surface area contributed by atoms with E-state index in [0.717, 1.165) is 5.69 Å². The number of hydrogen-bond donors (Lipinski definition) is 2. The highest BCUT2D eigenvalue weighted by Gasteiger charge is 1.96. The van der Waals surface area contributed by atoms with E-state index in [2.05, 4.69) is 15.4 Å². The minimum atomic E-state index is 0.324. The van der Waals surface area contributed by atoms with E-state index in [-0.39, 0.29) is 0 Å². The third-order valence-electron chi connectivity index (χ3n) is 1.98. The van der Waals surface area contributed by atoms with Crippen LogP contribution in [0.3, 0.4) is 0 Å². The number of guanidine groups is 1. The Morgan fingerprint density at radius 3 is 2.69 bits per heavy atom. The maximum Gasteiger partial charge on any atom is 0.199 e. The fourth-order valence-corrected chi connectivity index (χ4v) is 1.28. The van der Waals surface area contributed by atoms with Gasteiger partial charge in [-0.15, -0.1) is 0 Å². The molecule has 0 saturated carbocycles. The second-order valence-electron chi connectivity index (χ2n) is 3.34. The SMILES string of the molecule is Cn1ccc(N=C(N)Nc2ccccc2)n1. The number of nitrogens with zero attached hydrogens (tertiary/aromatic N) is 3. The smallest absolute Gasteiger partial charge is 0.199 e. The van der Waals surface area contributed by atoms with Gasteiger partial charge < -0.3 is 11.1 Å². The number of aryl methyl sites for hydroxylation is 1. The number of nitrogens with two attached hydrogens (primary N) is 1. The minimum Gasteiger partial charge on any atom is -0.369 e. The molecule has 82 valence electrons. The van der Waals surface area contributed by atoms with Crippen LogP contribution in [-0.4, -0.2) is 15.7 Å². The van der Waals surface area contributed by atoms with E-state index in [9.17, 15) is 0 Å². The van der Waals surface area contributed by atoms with Gasteiger partial charge in [0, 0.05) is 25.0 Å². The lowest BCUT2D eigenvalue weighted by atomic mass is 10.3. The Balaban J connectivity index is 2.08. The predicted octanol–water partition coefficient (Wildman–Crippen LogP) is 1.48. The summed E-state index contributed by atoms with van der Waals surface area (Å²) in [4.78, 5) is 4.13. The van der Waals surface area contributed by atoms with E-state index in [0.29, 0.717) is 11.8 Å². The van der Waals surface area contributed by atoms with Crippen molar-refractivity contribution in [3.8, 4) is 0 Å². The van der Waals surface area contributed by atoms with Crippen LogP contribution in [0.1, 0.15) is 0 Å². The van der Waals surface area contributed by atoms with Crippen LogP contribution in [0.2, 0.25) is 0 Å². The average Bonchev–Trinajstić information content (AvgIpc) is 2.65. The lowest BCUT2D eigenvalue weighted by Crippen LogP contribution is -2.21. The maximum absolute atomic E-state index is 5.74. The number of anilines is 1. The third kappa shape index (κ3) is 2.60. The first-order valence-electron chi connectivity index (χ1n) is 4.90. The summed E-state index contributed by atoms with van der Waals surface area (Å²) >= 11 is 0. The molecule has 3 N–H and O–H groups in total. The highest BCUT2D eigenvalue weighted by atomic mass is 15.3. The van der Waals surface area contributed by atoms with Gasteiger partial charge in [0.25, 0.3) is 0 Å². The number of nitrogens with one attached hydrogen (secondary N) is 1. The fraction of sp³-hybridized carbons (Fsp3) is 0.0909. The second-order valence-corrected chi connectivity index (χ2v) is 3.34. The Labute approximate surface area is 93.6 Å². The molecule has 0 aliphatic heterocycles. The Morgan fingerprint density at radius 2 is 2.06 bits per heavy atom. The molecule has 0 radical (unpaired) electrons. The molecule has 2 aromatic rings.